The zero-order chi connectivity index (χ0) is 15.7. The van der Waals surface area contributed by atoms with Gasteiger partial charge in [0.2, 0.25) is 11.8 Å². The van der Waals surface area contributed by atoms with E-state index in [0.717, 1.165) is 24.0 Å². The van der Waals surface area contributed by atoms with E-state index >= 15 is 0 Å². The molecular weight excluding hydrogens is 284 g/mol. The van der Waals surface area contributed by atoms with Crippen molar-refractivity contribution >= 4 is 17.7 Å². The summed E-state index contributed by atoms with van der Waals surface area (Å²) in [5, 5.41) is 8.89. The van der Waals surface area contributed by atoms with Crippen LogP contribution < -0.4 is 16.2 Å². The average molecular weight is 300 g/mol. The molecule has 0 fully saturated rings. The molecule has 5 N–H and O–H groups in total. The van der Waals surface area contributed by atoms with E-state index in [1.54, 1.807) is 12.1 Å². The summed E-state index contributed by atoms with van der Waals surface area (Å²) in [5.41, 5.74) is 13.6. The number of ether oxygens (including phenoxy) is 1. The van der Waals surface area contributed by atoms with Crippen LogP contribution in [-0.4, -0.2) is 27.7 Å². The Morgan fingerprint density at radius 3 is 2.68 bits per heavy atom. The molecule has 0 spiro atoms. The molecule has 0 saturated heterocycles. The molecule has 0 aliphatic carbocycles. The van der Waals surface area contributed by atoms with Gasteiger partial charge in [0, 0.05) is 5.92 Å². The van der Waals surface area contributed by atoms with Crippen LogP contribution in [0.4, 0.5) is 11.8 Å². The monoisotopic (exact) mass is 300 g/mol. The second-order valence-electron chi connectivity index (χ2n) is 5.23. The lowest BCUT2D eigenvalue weighted by Gasteiger charge is -2.10. The van der Waals surface area contributed by atoms with E-state index in [1.165, 1.54) is 0 Å². The highest BCUT2D eigenvalue weighted by molar-refractivity contribution is 5.87. The van der Waals surface area contributed by atoms with Gasteiger partial charge in [-0.2, -0.15) is 9.97 Å². The summed E-state index contributed by atoms with van der Waals surface area (Å²) in [7, 11) is 0. The first kappa shape index (κ1) is 14.1. The van der Waals surface area contributed by atoms with Gasteiger partial charge < -0.3 is 21.3 Å². The molecule has 3 rings (SSSR count). The Morgan fingerprint density at radius 1 is 1.27 bits per heavy atom. The van der Waals surface area contributed by atoms with E-state index in [1.807, 2.05) is 12.1 Å². The zero-order valence-corrected chi connectivity index (χ0v) is 11.8. The van der Waals surface area contributed by atoms with Gasteiger partial charge in [0.15, 0.2) is 0 Å². The predicted molar refractivity (Wildman–Crippen MR) is 80.8 cm³/mol. The molecule has 114 valence electrons. The number of aromatic nitrogens is 2. The lowest BCUT2D eigenvalue weighted by molar-refractivity contribution is 0.0697. The standard InChI is InChI=1S/C15H16N4O3/c16-12-11-10(7-22-13(11)19-15(17)18-12)6-3-8-1-4-9(5-2-8)14(20)21/h1-2,4-5,10H,3,6-7H2,(H,20,21)(H4,16,17,18,19). The van der Waals surface area contributed by atoms with E-state index < -0.39 is 5.97 Å². The second-order valence-corrected chi connectivity index (χ2v) is 5.23. The minimum Gasteiger partial charge on any atom is -0.478 e. The SMILES string of the molecule is Nc1nc(N)c2c(n1)OCC2CCc1ccc(C(=O)O)cc1. The Kier molecular flexibility index (Phi) is 3.54. The van der Waals surface area contributed by atoms with Crippen molar-refractivity contribution in [2.45, 2.75) is 18.8 Å². The number of nitrogen functional groups attached to an aromatic ring is 2. The second kappa shape index (κ2) is 5.51. The first-order valence-electron chi connectivity index (χ1n) is 6.92. The third-order valence-electron chi connectivity index (χ3n) is 3.77. The fraction of sp³-hybridized carbons (Fsp3) is 0.267. The topological polar surface area (TPSA) is 124 Å². The third-order valence-corrected chi connectivity index (χ3v) is 3.77. The number of hydrogen-bond donors (Lipinski definition) is 3. The molecule has 0 amide bonds. The Balaban J connectivity index is 1.70. The van der Waals surface area contributed by atoms with Crippen LogP contribution in [0.2, 0.25) is 0 Å². The smallest absolute Gasteiger partial charge is 0.335 e. The first-order valence-corrected chi connectivity index (χ1v) is 6.92. The van der Waals surface area contributed by atoms with Gasteiger partial charge in [-0.25, -0.2) is 4.79 Å². The summed E-state index contributed by atoms with van der Waals surface area (Å²) in [4.78, 5) is 18.9. The number of aromatic carboxylic acids is 1. The van der Waals surface area contributed by atoms with Crippen molar-refractivity contribution in [1.29, 1.82) is 0 Å². The maximum atomic E-state index is 10.8. The van der Waals surface area contributed by atoms with Gasteiger partial charge in [-0.1, -0.05) is 12.1 Å². The maximum absolute atomic E-state index is 10.8. The quantitative estimate of drug-likeness (QED) is 0.780. The Bertz CT molecular complexity index is 715. The van der Waals surface area contributed by atoms with Crippen molar-refractivity contribution in [3.05, 3.63) is 41.0 Å². The third kappa shape index (κ3) is 2.65. The molecule has 22 heavy (non-hydrogen) atoms. The normalized spacial score (nSPS) is 16.1. The van der Waals surface area contributed by atoms with Crippen LogP contribution in [0.3, 0.4) is 0 Å². The maximum Gasteiger partial charge on any atom is 0.335 e. The van der Waals surface area contributed by atoms with Gasteiger partial charge in [0.05, 0.1) is 17.7 Å². The number of nitrogens with two attached hydrogens (primary N) is 2. The molecule has 7 heteroatoms. The predicted octanol–water partition coefficient (Wildman–Crippen LogP) is 1.45. The summed E-state index contributed by atoms with van der Waals surface area (Å²) < 4.78 is 5.52. The molecular formula is C15H16N4O3. The number of nitrogens with zero attached hydrogens (tertiary/aromatic N) is 2. The number of hydrogen-bond acceptors (Lipinski definition) is 6. The summed E-state index contributed by atoms with van der Waals surface area (Å²) in [6.45, 7) is 0.505. The molecule has 1 atom stereocenters. The van der Waals surface area contributed by atoms with Crippen molar-refractivity contribution in [2.75, 3.05) is 18.1 Å². The first-order chi connectivity index (χ1) is 10.5. The van der Waals surface area contributed by atoms with Gasteiger partial charge >= 0.3 is 5.97 Å². The van der Waals surface area contributed by atoms with Crippen LogP contribution in [0.1, 0.15) is 33.8 Å². The number of fused-ring (bicyclic) bond motifs is 1. The van der Waals surface area contributed by atoms with Crippen molar-refractivity contribution < 1.29 is 14.6 Å². The van der Waals surface area contributed by atoms with Gasteiger partial charge in [-0.05, 0) is 30.5 Å². The molecule has 2 heterocycles. The molecule has 1 aliphatic heterocycles. The van der Waals surface area contributed by atoms with Gasteiger partial charge in [0.1, 0.15) is 5.82 Å². The molecule has 2 aromatic rings. The van der Waals surface area contributed by atoms with Crippen LogP contribution >= 0.6 is 0 Å². The van der Waals surface area contributed by atoms with Gasteiger partial charge in [0.25, 0.3) is 0 Å². The minimum atomic E-state index is -0.924. The molecule has 0 saturated carbocycles. The summed E-state index contributed by atoms with van der Waals surface area (Å²) >= 11 is 0. The van der Waals surface area contributed by atoms with E-state index in [9.17, 15) is 4.79 Å². The van der Waals surface area contributed by atoms with Crippen LogP contribution in [-0.2, 0) is 6.42 Å². The van der Waals surface area contributed by atoms with Crippen molar-refractivity contribution in [3.8, 4) is 5.88 Å². The van der Waals surface area contributed by atoms with E-state index in [4.69, 9.17) is 21.3 Å². The fourth-order valence-corrected chi connectivity index (χ4v) is 2.62. The molecule has 1 aromatic carbocycles. The number of carboxylic acids is 1. The van der Waals surface area contributed by atoms with E-state index in [-0.39, 0.29) is 17.4 Å². The highest BCUT2D eigenvalue weighted by Crippen LogP contribution is 2.38. The fourth-order valence-electron chi connectivity index (χ4n) is 2.62. The van der Waals surface area contributed by atoms with Crippen LogP contribution in [0.15, 0.2) is 24.3 Å². The largest absolute Gasteiger partial charge is 0.478 e. The van der Waals surface area contributed by atoms with E-state index in [0.29, 0.717) is 18.3 Å². The highest BCUT2D eigenvalue weighted by atomic mass is 16.5. The lowest BCUT2D eigenvalue weighted by atomic mass is 9.95. The van der Waals surface area contributed by atoms with Gasteiger partial charge in [-0.15, -0.1) is 0 Å². The van der Waals surface area contributed by atoms with Crippen LogP contribution in [0, 0.1) is 0 Å². The Labute approximate surface area is 126 Å². The average Bonchev–Trinajstić information content (AvgIpc) is 2.88. The molecule has 1 aliphatic rings. The van der Waals surface area contributed by atoms with Crippen molar-refractivity contribution in [1.82, 2.24) is 9.97 Å². The van der Waals surface area contributed by atoms with Crippen molar-refractivity contribution in [2.24, 2.45) is 0 Å². The number of carbonyl (C=O) groups is 1. The van der Waals surface area contributed by atoms with E-state index in [2.05, 4.69) is 9.97 Å². The zero-order valence-electron chi connectivity index (χ0n) is 11.8. The van der Waals surface area contributed by atoms with Gasteiger partial charge in [-0.3, -0.25) is 0 Å². The Hall–Kier alpha value is -2.83. The summed E-state index contributed by atoms with van der Waals surface area (Å²) in [5.74, 6) is 0.144. The number of carboxylic acid groups (broad SMARTS) is 1. The molecule has 1 unspecified atom stereocenters. The number of aryl methyl sites for hydroxylation is 1. The Morgan fingerprint density at radius 2 is 2.00 bits per heavy atom. The summed E-state index contributed by atoms with van der Waals surface area (Å²) in [6, 6.07) is 6.86. The summed E-state index contributed by atoms with van der Waals surface area (Å²) in [6.07, 6.45) is 1.61. The number of benzene rings is 1. The lowest BCUT2D eigenvalue weighted by Crippen LogP contribution is -2.06. The van der Waals surface area contributed by atoms with Crippen LogP contribution in [0.25, 0.3) is 0 Å². The molecule has 0 radical (unpaired) electrons. The van der Waals surface area contributed by atoms with Crippen LogP contribution in [0.5, 0.6) is 5.88 Å². The van der Waals surface area contributed by atoms with Crippen molar-refractivity contribution in [3.63, 3.8) is 0 Å². The number of anilines is 2. The number of rotatable bonds is 4. The molecule has 0 bridgehead atoms. The molecule has 7 nitrogen and oxygen atoms in total. The highest BCUT2D eigenvalue weighted by Gasteiger charge is 2.29. The molecule has 1 aromatic heterocycles. The minimum absolute atomic E-state index is 0.112.